The highest BCUT2D eigenvalue weighted by Gasteiger charge is 2.12. The van der Waals surface area contributed by atoms with Crippen LogP contribution in [0.4, 0.5) is 5.69 Å². The van der Waals surface area contributed by atoms with Gasteiger partial charge in [-0.15, -0.1) is 0 Å². The van der Waals surface area contributed by atoms with Gasteiger partial charge in [0.15, 0.2) is 0 Å². The Bertz CT molecular complexity index is 1050. The van der Waals surface area contributed by atoms with Gasteiger partial charge in [0, 0.05) is 22.7 Å². The second-order valence-corrected chi connectivity index (χ2v) is 5.79. The average molecular weight is 370 g/mol. The Morgan fingerprint density at radius 2 is 1.85 bits per heavy atom. The number of nitro groups is 1. The van der Waals surface area contributed by atoms with Crippen LogP contribution in [0, 0.1) is 10.1 Å². The molecule has 26 heavy (non-hydrogen) atoms. The molecule has 0 fully saturated rings. The molecule has 0 aliphatic heterocycles. The van der Waals surface area contributed by atoms with E-state index < -0.39 is 10.8 Å². The average Bonchev–Trinajstić information content (AvgIpc) is 2.62. The lowest BCUT2D eigenvalue weighted by Gasteiger charge is -2.05. The smallest absolute Gasteiger partial charge is 0.275 e. The normalized spacial score (nSPS) is 11.0. The molecule has 0 saturated carbocycles. The van der Waals surface area contributed by atoms with E-state index in [4.69, 9.17) is 11.6 Å². The van der Waals surface area contributed by atoms with Crippen LogP contribution in [0.3, 0.4) is 0 Å². The minimum Gasteiger partial charge on any atom is -0.507 e. The van der Waals surface area contributed by atoms with Crippen molar-refractivity contribution >= 4 is 40.2 Å². The van der Waals surface area contributed by atoms with Crippen molar-refractivity contribution in [2.75, 3.05) is 0 Å². The summed E-state index contributed by atoms with van der Waals surface area (Å²) in [5, 5.41) is 26.4. The zero-order chi connectivity index (χ0) is 18.7. The Morgan fingerprint density at radius 3 is 2.54 bits per heavy atom. The third-order valence-electron chi connectivity index (χ3n) is 3.67. The molecule has 0 bridgehead atoms. The largest absolute Gasteiger partial charge is 0.507 e. The number of benzene rings is 3. The number of carbonyl (C=O) groups is 1. The Hall–Kier alpha value is -3.45. The Morgan fingerprint density at radius 1 is 1.15 bits per heavy atom. The summed E-state index contributed by atoms with van der Waals surface area (Å²) in [5.41, 5.74) is 2.47. The van der Waals surface area contributed by atoms with E-state index in [1.54, 1.807) is 6.07 Å². The van der Waals surface area contributed by atoms with Crippen molar-refractivity contribution in [2.45, 2.75) is 0 Å². The predicted octanol–water partition coefficient (Wildman–Crippen LogP) is 3.87. The lowest BCUT2D eigenvalue weighted by Crippen LogP contribution is -2.17. The van der Waals surface area contributed by atoms with Gasteiger partial charge in [0.05, 0.1) is 16.7 Å². The number of rotatable bonds is 4. The number of phenolic OH excluding ortho intramolecular Hbond substituents is 1. The van der Waals surface area contributed by atoms with Crippen molar-refractivity contribution in [3.05, 3.63) is 80.9 Å². The molecule has 0 aliphatic rings. The summed E-state index contributed by atoms with van der Waals surface area (Å²) >= 11 is 5.96. The van der Waals surface area contributed by atoms with Gasteiger partial charge in [-0.2, -0.15) is 5.10 Å². The Labute approximate surface area is 152 Å². The number of fused-ring (bicyclic) bond motifs is 1. The zero-order valence-corrected chi connectivity index (χ0v) is 14.0. The second-order valence-electron chi connectivity index (χ2n) is 5.38. The Kier molecular flexibility index (Phi) is 4.81. The van der Waals surface area contributed by atoms with E-state index in [1.165, 1.54) is 30.5 Å². The number of hydrazone groups is 1. The van der Waals surface area contributed by atoms with Crippen LogP contribution in [0.1, 0.15) is 15.9 Å². The summed E-state index contributed by atoms with van der Waals surface area (Å²) in [6, 6.07) is 14.2. The number of nitrogens with zero attached hydrogens (tertiary/aromatic N) is 2. The number of carbonyl (C=O) groups excluding carboxylic acids is 1. The van der Waals surface area contributed by atoms with Gasteiger partial charge in [0.25, 0.3) is 11.6 Å². The van der Waals surface area contributed by atoms with Gasteiger partial charge in [0.2, 0.25) is 0 Å². The van der Waals surface area contributed by atoms with Crippen molar-refractivity contribution in [1.82, 2.24) is 5.43 Å². The molecule has 3 aromatic carbocycles. The van der Waals surface area contributed by atoms with Crippen molar-refractivity contribution in [3.63, 3.8) is 0 Å². The van der Waals surface area contributed by atoms with Crippen LogP contribution in [0.5, 0.6) is 5.75 Å². The van der Waals surface area contributed by atoms with Crippen LogP contribution < -0.4 is 5.43 Å². The van der Waals surface area contributed by atoms with Gasteiger partial charge in [-0.05, 0) is 29.0 Å². The zero-order valence-electron chi connectivity index (χ0n) is 13.2. The molecule has 0 spiro atoms. The number of nitro benzene ring substituents is 1. The fourth-order valence-electron chi connectivity index (χ4n) is 2.37. The van der Waals surface area contributed by atoms with E-state index in [2.05, 4.69) is 10.5 Å². The second kappa shape index (κ2) is 7.20. The van der Waals surface area contributed by atoms with Crippen molar-refractivity contribution in [3.8, 4) is 5.75 Å². The topological polar surface area (TPSA) is 105 Å². The molecule has 3 aromatic rings. The molecule has 0 radical (unpaired) electrons. The molecule has 130 valence electrons. The first kappa shape index (κ1) is 17.4. The highest BCUT2D eigenvalue weighted by molar-refractivity contribution is 6.33. The highest BCUT2D eigenvalue weighted by atomic mass is 35.5. The molecule has 2 N–H and O–H groups in total. The van der Waals surface area contributed by atoms with Crippen molar-refractivity contribution in [2.24, 2.45) is 5.10 Å². The van der Waals surface area contributed by atoms with Gasteiger partial charge in [-0.1, -0.05) is 35.9 Å². The summed E-state index contributed by atoms with van der Waals surface area (Å²) in [4.78, 5) is 22.5. The number of nitrogens with one attached hydrogen (secondary N) is 1. The quantitative estimate of drug-likeness (QED) is 0.413. The number of aromatic hydroxyl groups is 1. The van der Waals surface area contributed by atoms with Gasteiger partial charge < -0.3 is 5.11 Å². The molecule has 8 heteroatoms. The first-order valence-corrected chi connectivity index (χ1v) is 7.82. The molecule has 0 heterocycles. The maximum atomic E-state index is 12.2. The van der Waals surface area contributed by atoms with Crippen LogP contribution in [0.2, 0.25) is 5.02 Å². The van der Waals surface area contributed by atoms with E-state index >= 15 is 0 Å². The third-order valence-corrected chi connectivity index (χ3v) is 4.01. The molecular formula is C18H12ClN3O4. The Balaban J connectivity index is 1.81. The number of hydrogen-bond acceptors (Lipinski definition) is 5. The number of non-ortho nitro benzene ring substituents is 1. The van der Waals surface area contributed by atoms with Crippen LogP contribution in [0.25, 0.3) is 10.8 Å². The fourth-order valence-corrected chi connectivity index (χ4v) is 2.54. The first-order valence-electron chi connectivity index (χ1n) is 7.45. The van der Waals surface area contributed by atoms with Crippen LogP contribution in [-0.4, -0.2) is 22.2 Å². The van der Waals surface area contributed by atoms with Crippen LogP contribution in [0.15, 0.2) is 59.7 Å². The van der Waals surface area contributed by atoms with E-state index in [1.807, 2.05) is 24.3 Å². The summed E-state index contributed by atoms with van der Waals surface area (Å²) < 4.78 is 0. The maximum absolute atomic E-state index is 12.2. The molecule has 0 aromatic heterocycles. The number of phenols is 1. The lowest BCUT2D eigenvalue weighted by atomic mass is 10.1. The van der Waals surface area contributed by atoms with E-state index in [0.29, 0.717) is 0 Å². The van der Waals surface area contributed by atoms with Gasteiger partial charge in [0.1, 0.15) is 5.75 Å². The van der Waals surface area contributed by atoms with Gasteiger partial charge in [-0.3, -0.25) is 14.9 Å². The molecule has 3 rings (SSSR count). The fraction of sp³-hybridized carbons (Fsp3) is 0. The van der Waals surface area contributed by atoms with E-state index in [9.17, 15) is 20.0 Å². The SMILES string of the molecule is O=C(NN=Cc1cc([N+](=O)[O-])ccc1Cl)c1cc2ccccc2cc1O. The predicted molar refractivity (Wildman–Crippen MR) is 98.8 cm³/mol. The summed E-state index contributed by atoms with van der Waals surface area (Å²) in [5.74, 6) is -0.796. The standard InChI is InChI=1S/C18H12ClN3O4/c19-16-6-5-14(22(25)26)7-13(16)10-20-21-18(24)15-8-11-3-1-2-4-12(11)9-17(15)23/h1-10,23H,(H,21,24). The number of amides is 1. The monoisotopic (exact) mass is 369 g/mol. The first-order chi connectivity index (χ1) is 12.5. The summed E-state index contributed by atoms with van der Waals surface area (Å²) in [6.07, 6.45) is 1.20. The number of halogens is 1. The highest BCUT2D eigenvalue weighted by Crippen LogP contribution is 2.25. The lowest BCUT2D eigenvalue weighted by molar-refractivity contribution is -0.384. The molecule has 0 atom stereocenters. The molecular weight excluding hydrogens is 358 g/mol. The number of hydrogen-bond donors (Lipinski definition) is 2. The van der Waals surface area contributed by atoms with E-state index in [0.717, 1.165) is 10.8 Å². The molecule has 7 nitrogen and oxygen atoms in total. The maximum Gasteiger partial charge on any atom is 0.275 e. The molecule has 0 saturated heterocycles. The van der Waals surface area contributed by atoms with Crippen molar-refractivity contribution < 1.29 is 14.8 Å². The summed E-state index contributed by atoms with van der Waals surface area (Å²) in [7, 11) is 0. The summed E-state index contributed by atoms with van der Waals surface area (Å²) in [6.45, 7) is 0. The minimum atomic E-state index is -0.619. The van der Waals surface area contributed by atoms with Crippen LogP contribution >= 0.6 is 11.6 Å². The molecule has 1 amide bonds. The molecule has 0 aliphatic carbocycles. The third kappa shape index (κ3) is 3.62. The van der Waals surface area contributed by atoms with Gasteiger partial charge in [-0.25, -0.2) is 5.43 Å². The van der Waals surface area contributed by atoms with E-state index in [-0.39, 0.29) is 27.6 Å². The van der Waals surface area contributed by atoms with Crippen LogP contribution in [-0.2, 0) is 0 Å². The van der Waals surface area contributed by atoms with Gasteiger partial charge >= 0.3 is 0 Å². The molecule has 0 unspecified atom stereocenters. The minimum absolute atomic E-state index is 0.0611. The van der Waals surface area contributed by atoms with Crippen molar-refractivity contribution in [1.29, 1.82) is 0 Å².